The van der Waals surface area contributed by atoms with Crippen molar-refractivity contribution in [1.29, 1.82) is 0 Å². The third-order valence-corrected chi connectivity index (χ3v) is 5.64. The van der Waals surface area contributed by atoms with Crippen molar-refractivity contribution in [3.05, 3.63) is 18.2 Å². The summed E-state index contributed by atoms with van der Waals surface area (Å²) in [5, 5.41) is 2.70. The smallest absolute Gasteiger partial charge is 0.246 e. The van der Waals surface area contributed by atoms with Gasteiger partial charge in [0.1, 0.15) is 10.6 Å². The molecule has 0 spiro atoms. The molecule has 0 aromatic heterocycles. The highest BCUT2D eigenvalue weighted by molar-refractivity contribution is 7.89. The summed E-state index contributed by atoms with van der Waals surface area (Å²) in [6.07, 6.45) is 0.858. The molecule has 1 aromatic rings. The Balaban J connectivity index is 2.29. The zero-order chi connectivity index (χ0) is 18.3. The maximum atomic E-state index is 13.0. The van der Waals surface area contributed by atoms with Gasteiger partial charge in [0.2, 0.25) is 15.9 Å². The zero-order valence-electron chi connectivity index (χ0n) is 14.4. The second-order valence-corrected chi connectivity index (χ2v) is 7.46. The van der Waals surface area contributed by atoms with Crippen LogP contribution in [0.5, 0.6) is 5.75 Å². The van der Waals surface area contributed by atoms with Gasteiger partial charge in [0.15, 0.2) is 0 Å². The van der Waals surface area contributed by atoms with Gasteiger partial charge in [0.25, 0.3) is 0 Å². The van der Waals surface area contributed by atoms with Gasteiger partial charge in [-0.25, -0.2) is 8.42 Å². The van der Waals surface area contributed by atoms with E-state index < -0.39 is 10.0 Å². The lowest BCUT2D eigenvalue weighted by molar-refractivity contribution is -0.116. The molecule has 0 unspecified atom stereocenters. The maximum Gasteiger partial charge on any atom is 0.246 e. The van der Waals surface area contributed by atoms with Gasteiger partial charge in [-0.15, -0.1) is 0 Å². The van der Waals surface area contributed by atoms with Crippen molar-refractivity contribution < 1.29 is 22.7 Å². The number of nitrogens with two attached hydrogens (primary N) is 1. The van der Waals surface area contributed by atoms with Crippen molar-refractivity contribution in [2.24, 2.45) is 5.73 Å². The van der Waals surface area contributed by atoms with Gasteiger partial charge in [-0.3, -0.25) is 4.79 Å². The standard InChI is InChI=1S/C16H25N3O5S/c1-2-24-14-6-5-13(18-16(20)4-3-7-17)12-15(14)25(21,22)19-8-10-23-11-9-19/h5-6,12H,2-4,7-11,17H2,1H3,(H,18,20). The van der Waals surface area contributed by atoms with Crippen LogP contribution in [0.4, 0.5) is 5.69 Å². The number of carbonyl (C=O) groups excluding carboxylic acids is 1. The Hall–Kier alpha value is -1.68. The summed E-state index contributed by atoms with van der Waals surface area (Å²) in [6, 6.07) is 4.63. The maximum absolute atomic E-state index is 13.0. The molecular weight excluding hydrogens is 346 g/mol. The van der Waals surface area contributed by atoms with E-state index in [1.807, 2.05) is 0 Å². The molecule has 1 amide bonds. The molecule has 1 fully saturated rings. The molecule has 0 aliphatic carbocycles. The van der Waals surface area contributed by atoms with E-state index in [4.69, 9.17) is 15.2 Å². The van der Waals surface area contributed by atoms with Gasteiger partial charge in [0, 0.05) is 25.2 Å². The van der Waals surface area contributed by atoms with Crippen molar-refractivity contribution in [2.45, 2.75) is 24.7 Å². The molecule has 0 atom stereocenters. The molecular formula is C16H25N3O5S. The van der Waals surface area contributed by atoms with Crippen LogP contribution in [0, 0.1) is 0 Å². The van der Waals surface area contributed by atoms with E-state index in [2.05, 4.69) is 5.32 Å². The van der Waals surface area contributed by atoms with Crippen molar-refractivity contribution in [3.63, 3.8) is 0 Å². The van der Waals surface area contributed by atoms with Gasteiger partial charge in [0.05, 0.1) is 19.8 Å². The monoisotopic (exact) mass is 371 g/mol. The average molecular weight is 371 g/mol. The van der Waals surface area contributed by atoms with E-state index in [-0.39, 0.29) is 23.0 Å². The number of sulfonamides is 1. The third kappa shape index (κ3) is 5.15. The predicted molar refractivity (Wildman–Crippen MR) is 94.1 cm³/mol. The number of ether oxygens (including phenoxy) is 2. The van der Waals surface area contributed by atoms with Crippen LogP contribution in [-0.2, 0) is 19.6 Å². The molecule has 1 heterocycles. The summed E-state index contributed by atoms with van der Waals surface area (Å²) < 4.78 is 38.0. The van der Waals surface area contributed by atoms with Crippen molar-refractivity contribution >= 4 is 21.6 Å². The SMILES string of the molecule is CCOc1ccc(NC(=O)CCCN)cc1S(=O)(=O)N1CCOCC1. The Morgan fingerprint density at radius 2 is 2.08 bits per heavy atom. The summed E-state index contributed by atoms with van der Waals surface area (Å²) in [6.45, 7) is 3.86. The highest BCUT2D eigenvalue weighted by Gasteiger charge is 2.29. The first-order chi connectivity index (χ1) is 12.0. The Bertz CT molecular complexity index is 687. The van der Waals surface area contributed by atoms with Gasteiger partial charge < -0.3 is 20.5 Å². The van der Waals surface area contributed by atoms with Crippen molar-refractivity contribution in [2.75, 3.05) is 44.8 Å². The van der Waals surface area contributed by atoms with Crippen LogP contribution in [0.2, 0.25) is 0 Å². The first kappa shape index (κ1) is 19.6. The second-order valence-electron chi connectivity index (χ2n) is 5.55. The third-order valence-electron chi connectivity index (χ3n) is 3.72. The summed E-state index contributed by atoms with van der Waals surface area (Å²) in [5.41, 5.74) is 5.81. The molecule has 25 heavy (non-hydrogen) atoms. The number of amides is 1. The van der Waals surface area contributed by atoms with Crippen LogP contribution in [0.15, 0.2) is 23.1 Å². The van der Waals surface area contributed by atoms with Crippen LogP contribution >= 0.6 is 0 Å². The fraction of sp³-hybridized carbons (Fsp3) is 0.562. The molecule has 0 radical (unpaired) electrons. The van der Waals surface area contributed by atoms with E-state index in [1.165, 1.54) is 10.4 Å². The summed E-state index contributed by atoms with van der Waals surface area (Å²) in [5.74, 6) is 0.0679. The molecule has 1 aliphatic heterocycles. The number of rotatable bonds is 8. The molecule has 9 heteroatoms. The molecule has 2 rings (SSSR count). The number of benzene rings is 1. The second kappa shape index (κ2) is 9.14. The van der Waals surface area contributed by atoms with Gasteiger partial charge >= 0.3 is 0 Å². The fourth-order valence-electron chi connectivity index (χ4n) is 2.47. The van der Waals surface area contributed by atoms with E-state index in [9.17, 15) is 13.2 Å². The summed E-state index contributed by atoms with van der Waals surface area (Å²) in [4.78, 5) is 11.9. The lowest BCUT2D eigenvalue weighted by atomic mass is 10.2. The van der Waals surface area contributed by atoms with Crippen molar-refractivity contribution in [3.8, 4) is 5.75 Å². The fourth-order valence-corrected chi connectivity index (χ4v) is 4.04. The molecule has 140 valence electrons. The van der Waals surface area contributed by atoms with Crippen LogP contribution in [0.25, 0.3) is 0 Å². The number of carbonyl (C=O) groups is 1. The van der Waals surface area contributed by atoms with Gasteiger partial charge in [-0.05, 0) is 38.1 Å². The number of nitrogens with one attached hydrogen (secondary N) is 1. The minimum atomic E-state index is -3.73. The lowest BCUT2D eigenvalue weighted by Gasteiger charge is -2.27. The van der Waals surface area contributed by atoms with Crippen LogP contribution in [-0.4, -0.2) is 58.1 Å². The molecule has 1 aliphatic rings. The Morgan fingerprint density at radius 1 is 1.36 bits per heavy atom. The molecule has 0 bridgehead atoms. The van der Waals surface area contributed by atoms with E-state index >= 15 is 0 Å². The van der Waals surface area contributed by atoms with E-state index in [1.54, 1.807) is 19.1 Å². The molecule has 3 N–H and O–H groups in total. The highest BCUT2D eigenvalue weighted by Crippen LogP contribution is 2.30. The first-order valence-corrected chi connectivity index (χ1v) is 9.77. The first-order valence-electron chi connectivity index (χ1n) is 8.33. The number of anilines is 1. The lowest BCUT2D eigenvalue weighted by Crippen LogP contribution is -2.40. The van der Waals surface area contributed by atoms with E-state index in [0.717, 1.165) is 0 Å². The average Bonchev–Trinajstić information content (AvgIpc) is 2.62. The largest absolute Gasteiger partial charge is 0.492 e. The predicted octanol–water partition coefficient (Wildman–Crippen LogP) is 0.784. The van der Waals surface area contributed by atoms with Crippen LogP contribution in [0.1, 0.15) is 19.8 Å². The van der Waals surface area contributed by atoms with Gasteiger partial charge in [-0.1, -0.05) is 0 Å². The van der Waals surface area contributed by atoms with Crippen molar-refractivity contribution in [1.82, 2.24) is 4.31 Å². The molecule has 1 aromatic carbocycles. The number of hydrogen-bond donors (Lipinski definition) is 2. The van der Waals surface area contributed by atoms with Crippen LogP contribution < -0.4 is 15.8 Å². The number of nitrogens with zero attached hydrogens (tertiary/aromatic N) is 1. The minimum absolute atomic E-state index is 0.0490. The Kier molecular flexibility index (Phi) is 7.18. The Morgan fingerprint density at radius 3 is 2.72 bits per heavy atom. The van der Waals surface area contributed by atoms with Gasteiger partial charge in [-0.2, -0.15) is 4.31 Å². The zero-order valence-corrected chi connectivity index (χ0v) is 15.2. The van der Waals surface area contributed by atoms with E-state index in [0.29, 0.717) is 51.6 Å². The topological polar surface area (TPSA) is 111 Å². The molecule has 0 saturated carbocycles. The summed E-state index contributed by atoms with van der Waals surface area (Å²) >= 11 is 0. The van der Waals surface area contributed by atoms with Crippen LogP contribution in [0.3, 0.4) is 0 Å². The molecule has 8 nitrogen and oxygen atoms in total. The number of morpholine rings is 1. The molecule has 1 saturated heterocycles. The highest BCUT2D eigenvalue weighted by atomic mass is 32.2. The normalized spacial score (nSPS) is 15.8. The Labute approximate surface area is 148 Å². The summed E-state index contributed by atoms with van der Waals surface area (Å²) in [7, 11) is -3.73. The quantitative estimate of drug-likeness (QED) is 0.699. The minimum Gasteiger partial charge on any atom is -0.492 e. The number of hydrogen-bond acceptors (Lipinski definition) is 6.